The SMILES string of the molecule is CC(C)(C)c1ccc(N2c3c(sc4cc(-c5ccccc5)ccc34)B3c4c(cc5c(oc6ccccc65)c42)-c2cc4c(cc2N3c2ccc(-c3ccccc3)cc2)sc2cc3c(cc24)C(C)(C)CCC3(C)C)c(-c2ccccc2)c1. The number of nitrogens with zero attached hydrogens (tertiary/aromatic N) is 2. The Labute approximate surface area is 476 Å². The van der Waals surface area contributed by atoms with Crippen LogP contribution in [0.4, 0.5) is 28.4 Å². The van der Waals surface area contributed by atoms with Crippen molar-refractivity contribution in [2.75, 3.05) is 9.71 Å². The van der Waals surface area contributed by atoms with Gasteiger partial charge in [0.05, 0.1) is 17.1 Å². The summed E-state index contributed by atoms with van der Waals surface area (Å²) in [6.07, 6.45) is 2.36. The molecule has 16 rings (SSSR count). The van der Waals surface area contributed by atoms with Crippen molar-refractivity contribution in [3.05, 3.63) is 223 Å². The maximum atomic E-state index is 7.42. The van der Waals surface area contributed by atoms with Crippen LogP contribution in [-0.4, -0.2) is 6.85 Å². The first-order valence-electron chi connectivity index (χ1n) is 28.4. The molecule has 10 aromatic carbocycles. The highest BCUT2D eigenvalue weighted by atomic mass is 32.1. The van der Waals surface area contributed by atoms with Crippen LogP contribution < -0.4 is 20.0 Å². The molecular formula is C74H59BN2OS2. The predicted octanol–water partition coefficient (Wildman–Crippen LogP) is 20.5. The molecule has 0 amide bonds. The molecule has 0 spiro atoms. The van der Waals surface area contributed by atoms with E-state index in [1.165, 1.54) is 126 Å². The molecule has 386 valence electrons. The van der Waals surface area contributed by atoms with E-state index in [9.17, 15) is 0 Å². The maximum Gasteiger partial charge on any atom is 0.343 e. The summed E-state index contributed by atoms with van der Waals surface area (Å²) in [4.78, 5) is 5.34. The molecule has 0 fully saturated rings. The van der Waals surface area contributed by atoms with Crippen molar-refractivity contribution in [3.63, 3.8) is 0 Å². The molecule has 13 aromatic rings. The number of thiophene rings is 2. The Morgan fingerprint density at radius 1 is 0.450 bits per heavy atom. The highest BCUT2D eigenvalue weighted by Gasteiger charge is 2.49. The number of rotatable bonds is 5. The topological polar surface area (TPSA) is 19.6 Å². The van der Waals surface area contributed by atoms with E-state index >= 15 is 0 Å². The molecule has 0 radical (unpaired) electrons. The summed E-state index contributed by atoms with van der Waals surface area (Å²) in [7, 11) is 0. The first kappa shape index (κ1) is 47.8. The third-order valence-corrected chi connectivity index (χ3v) is 20.6. The van der Waals surface area contributed by atoms with Gasteiger partial charge < -0.3 is 14.1 Å². The lowest BCUT2D eigenvalue weighted by Gasteiger charge is -2.45. The van der Waals surface area contributed by atoms with Gasteiger partial charge in [0, 0.05) is 68.3 Å². The smallest absolute Gasteiger partial charge is 0.343 e. The van der Waals surface area contributed by atoms with Gasteiger partial charge in [0.25, 0.3) is 0 Å². The molecule has 0 bridgehead atoms. The van der Waals surface area contributed by atoms with Gasteiger partial charge in [0.2, 0.25) is 0 Å². The van der Waals surface area contributed by atoms with Gasteiger partial charge >= 0.3 is 6.85 Å². The van der Waals surface area contributed by atoms with E-state index in [1.807, 2.05) is 22.7 Å². The van der Waals surface area contributed by atoms with Crippen molar-refractivity contribution < 1.29 is 4.42 Å². The van der Waals surface area contributed by atoms with E-state index in [-0.39, 0.29) is 23.1 Å². The van der Waals surface area contributed by atoms with Crippen molar-refractivity contribution in [2.24, 2.45) is 0 Å². The first-order chi connectivity index (χ1) is 38.8. The number of fused-ring (bicyclic) bond motifs is 14. The van der Waals surface area contributed by atoms with Crippen LogP contribution in [0.2, 0.25) is 0 Å². The second-order valence-corrected chi connectivity index (χ2v) is 27.2. The normalized spacial score (nSPS) is 15.2. The zero-order valence-corrected chi connectivity index (χ0v) is 47.9. The second-order valence-electron chi connectivity index (χ2n) is 25.1. The van der Waals surface area contributed by atoms with Crippen LogP contribution in [0, 0.1) is 0 Å². The molecule has 0 N–H and O–H groups in total. The molecule has 0 atom stereocenters. The zero-order chi connectivity index (χ0) is 54.0. The third-order valence-electron chi connectivity index (χ3n) is 18.3. The Morgan fingerprint density at radius 3 is 1.75 bits per heavy atom. The summed E-state index contributed by atoms with van der Waals surface area (Å²) >= 11 is 3.91. The number of furan rings is 1. The van der Waals surface area contributed by atoms with Crippen molar-refractivity contribution in [1.29, 1.82) is 0 Å². The molecule has 0 unspecified atom stereocenters. The molecule has 0 saturated heterocycles. The molecule has 0 saturated carbocycles. The van der Waals surface area contributed by atoms with E-state index in [1.54, 1.807) is 0 Å². The van der Waals surface area contributed by atoms with E-state index in [2.05, 4.69) is 264 Å². The van der Waals surface area contributed by atoms with Gasteiger partial charge in [0.1, 0.15) is 5.58 Å². The second kappa shape index (κ2) is 17.2. The Hall–Kier alpha value is -8.16. The molecule has 2 aliphatic heterocycles. The molecule has 3 aromatic heterocycles. The van der Waals surface area contributed by atoms with Gasteiger partial charge in [-0.2, -0.15) is 0 Å². The van der Waals surface area contributed by atoms with E-state index in [0.29, 0.717) is 0 Å². The lowest BCUT2D eigenvalue weighted by atomic mass is 9.46. The number of anilines is 5. The minimum atomic E-state index is -0.216. The van der Waals surface area contributed by atoms with Crippen LogP contribution in [0.1, 0.15) is 78.0 Å². The number of hydrogen-bond donors (Lipinski definition) is 0. The number of para-hydroxylation sites is 1. The first-order valence-corrected chi connectivity index (χ1v) is 30.0. The summed E-state index contributed by atoms with van der Waals surface area (Å²) in [5.74, 6) is 0. The van der Waals surface area contributed by atoms with Gasteiger partial charge in [-0.1, -0.05) is 188 Å². The summed E-state index contributed by atoms with van der Waals surface area (Å²) in [6, 6.07) is 78.0. The highest BCUT2D eigenvalue weighted by molar-refractivity contribution is 7.32. The molecule has 80 heavy (non-hydrogen) atoms. The van der Waals surface area contributed by atoms with E-state index < -0.39 is 0 Å². The third kappa shape index (κ3) is 7.11. The summed E-state index contributed by atoms with van der Waals surface area (Å²) in [5, 5.41) is 6.15. The fraction of sp³-hybridized carbons (Fsp3) is 0.162. The minimum Gasteiger partial charge on any atom is -0.454 e. The Morgan fingerprint density at radius 2 is 1.04 bits per heavy atom. The van der Waals surface area contributed by atoms with Crippen molar-refractivity contribution in [2.45, 2.75) is 77.6 Å². The van der Waals surface area contributed by atoms with Gasteiger partial charge in [-0.25, -0.2) is 0 Å². The monoisotopic (exact) mass is 1070 g/mol. The lowest BCUT2D eigenvalue weighted by Crippen LogP contribution is -2.60. The van der Waals surface area contributed by atoms with E-state index in [4.69, 9.17) is 4.42 Å². The minimum absolute atomic E-state index is 0.0796. The van der Waals surface area contributed by atoms with Crippen molar-refractivity contribution in [1.82, 2.24) is 0 Å². The number of benzene rings is 10. The molecule has 5 heterocycles. The molecular weight excluding hydrogens is 1010 g/mol. The Kier molecular flexibility index (Phi) is 10.3. The Balaban J connectivity index is 1.06. The van der Waals surface area contributed by atoms with Crippen LogP contribution in [-0.2, 0) is 16.2 Å². The van der Waals surface area contributed by atoms with Crippen LogP contribution in [0.25, 0.3) is 96.7 Å². The molecule has 6 heteroatoms. The molecule has 3 nitrogen and oxygen atoms in total. The standard InChI is InChI=1S/C74H59BN2OS2/c1-72(2,3)49-30-34-61(53(38-49)47-23-15-10-16-24-47)76-68-52-33-29-48(45-21-13-9-14-22-45)37-64(52)80-71(68)75-67-57(40-58-51-25-17-18-26-63(51)78-70(58)69(67)76)54-39-55-56-41-59-60(74(6,7)36-35-73(59,4)5)42-65(56)79-66(55)43-62(54)77(75)50-31-27-46(28-32-50)44-19-11-8-12-20-44/h8-34,37-43H,35-36H2,1-7H3. The van der Waals surface area contributed by atoms with Gasteiger partial charge in [-0.05, 0) is 151 Å². The Bertz CT molecular complexity index is 4690. The molecule has 1 aliphatic carbocycles. The lowest BCUT2D eigenvalue weighted by molar-refractivity contribution is 0.332. The zero-order valence-electron chi connectivity index (χ0n) is 46.2. The predicted molar refractivity (Wildman–Crippen MR) is 346 cm³/mol. The summed E-state index contributed by atoms with van der Waals surface area (Å²) in [6.45, 7) is 16.6. The van der Waals surface area contributed by atoms with Gasteiger partial charge in [-0.3, -0.25) is 0 Å². The fourth-order valence-electron chi connectivity index (χ4n) is 13.8. The van der Waals surface area contributed by atoms with Crippen LogP contribution in [0.15, 0.2) is 211 Å². The van der Waals surface area contributed by atoms with Crippen LogP contribution in [0.3, 0.4) is 0 Å². The van der Waals surface area contributed by atoms with Crippen LogP contribution in [0.5, 0.6) is 0 Å². The van der Waals surface area contributed by atoms with Crippen molar-refractivity contribution >= 4 is 120 Å². The van der Waals surface area contributed by atoms with Gasteiger partial charge in [0.15, 0.2) is 5.58 Å². The highest BCUT2D eigenvalue weighted by Crippen LogP contribution is 2.57. The average molecular weight is 1070 g/mol. The molecule has 3 aliphatic rings. The quantitative estimate of drug-likeness (QED) is 0.160. The fourth-order valence-corrected chi connectivity index (χ4v) is 16.3. The number of hydrogen-bond acceptors (Lipinski definition) is 5. The largest absolute Gasteiger partial charge is 0.454 e. The van der Waals surface area contributed by atoms with Crippen molar-refractivity contribution in [3.8, 4) is 44.5 Å². The average Bonchev–Trinajstić information content (AvgIpc) is 2.75. The van der Waals surface area contributed by atoms with E-state index in [0.717, 1.165) is 39.0 Å². The van der Waals surface area contributed by atoms with Crippen LogP contribution >= 0.6 is 22.7 Å². The summed E-state index contributed by atoms with van der Waals surface area (Å²) in [5.41, 5.74) is 23.0. The van der Waals surface area contributed by atoms with Gasteiger partial charge in [-0.15, -0.1) is 22.7 Å². The summed E-state index contributed by atoms with van der Waals surface area (Å²) < 4.78 is 12.7. The maximum absolute atomic E-state index is 7.42.